The molecule has 1 aromatic carbocycles. The minimum absolute atomic E-state index is 0.0208. The van der Waals surface area contributed by atoms with E-state index in [0.29, 0.717) is 30.2 Å². The van der Waals surface area contributed by atoms with E-state index in [2.05, 4.69) is 0 Å². The number of rotatable bonds is 7. The highest BCUT2D eigenvalue weighted by molar-refractivity contribution is 6.01. The van der Waals surface area contributed by atoms with Gasteiger partial charge in [0.25, 0.3) is 11.8 Å². The molecule has 0 radical (unpaired) electrons. The molecule has 2 aliphatic heterocycles. The molecular weight excluding hydrogens is 491 g/mol. The van der Waals surface area contributed by atoms with Gasteiger partial charge in [-0.25, -0.2) is 14.0 Å². The van der Waals surface area contributed by atoms with Gasteiger partial charge in [0.05, 0.1) is 17.6 Å². The zero-order valence-electron chi connectivity index (χ0n) is 20.1. The fourth-order valence-electron chi connectivity index (χ4n) is 4.42. The minimum Gasteiger partial charge on any atom is -0.477 e. The number of aryl methyl sites for hydroxylation is 1. The molecule has 2 aliphatic rings. The number of pyridine rings is 1. The second kappa shape index (κ2) is 10.4. The number of carbonyl (C=O) groups excluding carboxylic acids is 4. The standard InChI is InChI=1S/C24H25FN4O8/c1-2-26-13-15(24(35)36)23(34)14-11-16(25)18(12-17(14)26)27-7-9-28(10-8-27)19(30)5-6-22(33)37-29-20(31)3-4-21(29)32/h11-13H,2-10H2,1H3,(H,35,36). The van der Waals surface area contributed by atoms with E-state index in [1.807, 2.05) is 0 Å². The van der Waals surface area contributed by atoms with Gasteiger partial charge in [0, 0.05) is 63.6 Å². The van der Waals surface area contributed by atoms with E-state index in [9.17, 15) is 33.9 Å². The summed E-state index contributed by atoms with van der Waals surface area (Å²) < 4.78 is 16.6. The van der Waals surface area contributed by atoms with Crippen molar-refractivity contribution in [2.24, 2.45) is 0 Å². The van der Waals surface area contributed by atoms with Gasteiger partial charge < -0.3 is 24.3 Å². The highest BCUT2D eigenvalue weighted by Gasteiger charge is 2.33. The lowest BCUT2D eigenvalue weighted by molar-refractivity contribution is -0.197. The number of halogens is 1. The van der Waals surface area contributed by atoms with Gasteiger partial charge in [-0.2, -0.15) is 0 Å². The maximum Gasteiger partial charge on any atom is 0.341 e. The van der Waals surface area contributed by atoms with Gasteiger partial charge in [0.2, 0.25) is 11.3 Å². The van der Waals surface area contributed by atoms with Crippen LogP contribution in [0.15, 0.2) is 23.1 Å². The first kappa shape index (κ1) is 25.8. The monoisotopic (exact) mass is 516 g/mol. The Morgan fingerprint density at radius 3 is 2.24 bits per heavy atom. The molecule has 0 aliphatic carbocycles. The normalized spacial score (nSPS) is 16.0. The molecule has 37 heavy (non-hydrogen) atoms. The van der Waals surface area contributed by atoms with Crippen molar-refractivity contribution in [1.82, 2.24) is 14.5 Å². The molecule has 3 heterocycles. The molecule has 12 nitrogen and oxygen atoms in total. The van der Waals surface area contributed by atoms with E-state index < -0.39 is 40.6 Å². The number of anilines is 1. The van der Waals surface area contributed by atoms with Crippen LogP contribution in [0.25, 0.3) is 10.9 Å². The number of nitrogens with zero attached hydrogens (tertiary/aromatic N) is 4. The van der Waals surface area contributed by atoms with Crippen LogP contribution in [-0.2, 0) is 30.6 Å². The molecule has 196 valence electrons. The predicted molar refractivity (Wildman–Crippen MR) is 126 cm³/mol. The largest absolute Gasteiger partial charge is 0.477 e. The topological polar surface area (TPSA) is 147 Å². The summed E-state index contributed by atoms with van der Waals surface area (Å²) in [5.41, 5.74) is -0.560. The summed E-state index contributed by atoms with van der Waals surface area (Å²) >= 11 is 0. The van der Waals surface area contributed by atoms with E-state index in [-0.39, 0.29) is 55.8 Å². The number of aromatic nitrogens is 1. The van der Waals surface area contributed by atoms with Crippen molar-refractivity contribution >= 4 is 46.3 Å². The van der Waals surface area contributed by atoms with Crippen LogP contribution in [0.5, 0.6) is 0 Å². The smallest absolute Gasteiger partial charge is 0.341 e. The molecule has 0 saturated carbocycles. The Balaban J connectivity index is 1.39. The Morgan fingerprint density at radius 2 is 1.65 bits per heavy atom. The number of fused-ring (bicyclic) bond motifs is 1. The zero-order chi connectivity index (χ0) is 26.9. The maximum absolute atomic E-state index is 15.0. The van der Waals surface area contributed by atoms with Crippen LogP contribution in [-0.4, -0.2) is 75.5 Å². The van der Waals surface area contributed by atoms with E-state index >= 15 is 4.39 Å². The van der Waals surface area contributed by atoms with Crippen molar-refractivity contribution in [3.05, 3.63) is 39.9 Å². The van der Waals surface area contributed by atoms with Gasteiger partial charge >= 0.3 is 11.9 Å². The van der Waals surface area contributed by atoms with Crippen molar-refractivity contribution in [3.8, 4) is 0 Å². The number of carboxylic acids is 1. The minimum atomic E-state index is -1.38. The Morgan fingerprint density at radius 1 is 1.00 bits per heavy atom. The Bertz CT molecular complexity index is 1350. The number of amides is 3. The fraction of sp³-hybridized carbons (Fsp3) is 0.417. The number of benzene rings is 1. The van der Waals surface area contributed by atoms with Gasteiger partial charge in [0.15, 0.2) is 0 Å². The average Bonchev–Trinajstić information content (AvgIpc) is 3.19. The summed E-state index contributed by atoms with van der Waals surface area (Å²) in [7, 11) is 0. The Hall–Kier alpha value is -4.29. The fourth-order valence-corrected chi connectivity index (χ4v) is 4.42. The second-order valence-electron chi connectivity index (χ2n) is 8.70. The number of hydrogen-bond acceptors (Lipinski definition) is 8. The molecule has 3 amide bonds. The molecule has 1 aromatic heterocycles. The van der Waals surface area contributed by atoms with Gasteiger partial charge in [-0.3, -0.25) is 19.2 Å². The SMILES string of the molecule is CCn1cc(C(=O)O)c(=O)c2cc(F)c(N3CCN(C(=O)CCC(=O)ON4C(=O)CCC4=O)CC3)cc21. The summed E-state index contributed by atoms with van der Waals surface area (Å²) in [4.78, 5) is 79.5. The summed E-state index contributed by atoms with van der Waals surface area (Å²) in [5, 5.41) is 9.70. The number of hydroxylamine groups is 2. The van der Waals surface area contributed by atoms with Gasteiger partial charge in [-0.1, -0.05) is 0 Å². The van der Waals surface area contributed by atoms with E-state index in [0.717, 1.165) is 6.07 Å². The summed E-state index contributed by atoms with van der Waals surface area (Å²) in [6, 6.07) is 2.56. The second-order valence-corrected chi connectivity index (χ2v) is 8.70. The first-order valence-electron chi connectivity index (χ1n) is 11.8. The summed E-state index contributed by atoms with van der Waals surface area (Å²) in [6.07, 6.45) is 0.724. The van der Waals surface area contributed by atoms with Crippen molar-refractivity contribution in [1.29, 1.82) is 0 Å². The average molecular weight is 516 g/mol. The number of carbonyl (C=O) groups is 5. The molecule has 0 unspecified atom stereocenters. The van der Waals surface area contributed by atoms with Crippen LogP contribution in [0.3, 0.4) is 0 Å². The van der Waals surface area contributed by atoms with Crippen LogP contribution in [0.1, 0.15) is 43.0 Å². The molecule has 4 rings (SSSR count). The molecule has 0 atom stereocenters. The van der Waals surface area contributed by atoms with Crippen molar-refractivity contribution in [2.45, 2.75) is 39.2 Å². The lowest BCUT2D eigenvalue weighted by Gasteiger charge is -2.36. The first-order valence-corrected chi connectivity index (χ1v) is 11.8. The predicted octanol–water partition coefficient (Wildman–Crippen LogP) is 0.895. The van der Waals surface area contributed by atoms with Gasteiger partial charge in [0.1, 0.15) is 11.4 Å². The molecule has 1 N–H and O–H groups in total. The number of carboxylic acid groups (broad SMARTS) is 1. The highest BCUT2D eigenvalue weighted by Crippen LogP contribution is 2.26. The molecule has 2 fully saturated rings. The third-order valence-corrected chi connectivity index (χ3v) is 6.43. The van der Waals surface area contributed by atoms with Crippen LogP contribution < -0.4 is 10.3 Å². The van der Waals surface area contributed by atoms with Crippen LogP contribution in [0.2, 0.25) is 0 Å². The lowest BCUT2D eigenvalue weighted by Crippen LogP contribution is -2.49. The molecule has 2 aromatic rings. The highest BCUT2D eigenvalue weighted by atomic mass is 19.1. The van der Waals surface area contributed by atoms with Crippen molar-refractivity contribution < 1.29 is 38.3 Å². The lowest BCUT2D eigenvalue weighted by atomic mass is 10.1. The number of aromatic carboxylic acids is 1. The van der Waals surface area contributed by atoms with E-state index in [1.165, 1.54) is 17.2 Å². The number of hydrogen-bond donors (Lipinski definition) is 1. The van der Waals surface area contributed by atoms with E-state index in [4.69, 9.17) is 4.84 Å². The molecule has 0 spiro atoms. The third-order valence-electron chi connectivity index (χ3n) is 6.43. The first-order chi connectivity index (χ1) is 17.6. The van der Waals surface area contributed by atoms with Crippen LogP contribution >= 0.6 is 0 Å². The summed E-state index contributed by atoms with van der Waals surface area (Å²) in [6.45, 7) is 3.24. The van der Waals surface area contributed by atoms with Gasteiger partial charge in [-0.15, -0.1) is 5.06 Å². The maximum atomic E-state index is 15.0. The van der Waals surface area contributed by atoms with Crippen molar-refractivity contribution in [2.75, 3.05) is 31.1 Å². The molecular formula is C24H25FN4O8. The molecule has 13 heteroatoms. The third kappa shape index (κ3) is 5.15. The quantitative estimate of drug-likeness (QED) is 0.530. The zero-order valence-corrected chi connectivity index (χ0v) is 20.1. The molecule has 2 saturated heterocycles. The Kier molecular flexibility index (Phi) is 7.23. The van der Waals surface area contributed by atoms with Crippen LogP contribution in [0.4, 0.5) is 10.1 Å². The van der Waals surface area contributed by atoms with Gasteiger partial charge in [-0.05, 0) is 19.1 Å². The Labute approximate surface area is 209 Å². The number of piperazine rings is 1. The number of imide groups is 1. The van der Waals surface area contributed by atoms with Crippen molar-refractivity contribution in [3.63, 3.8) is 0 Å². The van der Waals surface area contributed by atoms with E-state index in [1.54, 1.807) is 16.4 Å². The summed E-state index contributed by atoms with van der Waals surface area (Å²) in [5.74, 6) is -4.44. The molecule has 0 bridgehead atoms. The van der Waals surface area contributed by atoms with Crippen LogP contribution in [0, 0.1) is 5.82 Å².